The Hall–Kier alpha value is -0.270. The minimum atomic E-state index is -2.86. The van der Waals surface area contributed by atoms with Gasteiger partial charge in [0.15, 0.2) is 15.0 Å². The normalized spacial score (nSPS) is 28.7. The summed E-state index contributed by atoms with van der Waals surface area (Å²) in [6.45, 7) is 6.19. The molecule has 0 saturated carbocycles. The van der Waals surface area contributed by atoms with Crippen LogP contribution in [0.15, 0.2) is 4.99 Å². The molecule has 0 aromatic carbocycles. The van der Waals surface area contributed by atoms with E-state index >= 15 is 0 Å². The van der Waals surface area contributed by atoms with Crippen LogP contribution < -0.4 is 5.43 Å². The number of hydrogen-bond acceptors (Lipinski definition) is 6. The molecule has 1 saturated heterocycles. The lowest BCUT2D eigenvalue weighted by molar-refractivity contribution is 0.204. The minimum Gasteiger partial charge on any atom is -0.281 e. The van der Waals surface area contributed by atoms with E-state index in [-0.39, 0.29) is 17.5 Å². The summed E-state index contributed by atoms with van der Waals surface area (Å²) in [6.07, 6.45) is 3.01. The Labute approximate surface area is 120 Å². The second-order valence-corrected chi connectivity index (χ2v) is 8.98. The van der Waals surface area contributed by atoms with Crippen molar-refractivity contribution in [2.24, 2.45) is 4.99 Å². The number of amidine groups is 1. The van der Waals surface area contributed by atoms with Gasteiger partial charge in [0, 0.05) is 5.75 Å². The highest BCUT2D eigenvalue weighted by atomic mass is 32.2. The number of hydrogen-bond donors (Lipinski definition) is 1. The first-order valence-corrected chi connectivity index (χ1v) is 9.64. The maximum Gasteiger partial charge on any atom is 0.175 e. The Bertz CT molecular complexity index is 460. The van der Waals surface area contributed by atoms with E-state index in [2.05, 4.69) is 17.3 Å². The quantitative estimate of drug-likeness (QED) is 0.800. The molecule has 1 unspecified atom stereocenters. The molecular formula is C12H23N3O2S2. The topological polar surface area (TPSA) is 61.8 Å². The summed E-state index contributed by atoms with van der Waals surface area (Å²) < 4.78 is 23.2. The van der Waals surface area contributed by atoms with E-state index in [1.54, 1.807) is 11.8 Å². The summed E-state index contributed by atoms with van der Waals surface area (Å²) in [4.78, 5) is 4.67. The molecule has 110 valence electrons. The summed E-state index contributed by atoms with van der Waals surface area (Å²) in [5, 5.41) is 2.94. The zero-order chi connectivity index (χ0) is 14.1. The van der Waals surface area contributed by atoms with Gasteiger partial charge in [-0.15, -0.1) is 0 Å². The van der Waals surface area contributed by atoms with E-state index < -0.39 is 9.84 Å². The van der Waals surface area contributed by atoms with Gasteiger partial charge in [0.1, 0.15) is 5.66 Å². The summed E-state index contributed by atoms with van der Waals surface area (Å²) in [5.41, 5.74) is 3.00. The number of hydrazine groups is 1. The fraction of sp³-hybridized carbons (Fsp3) is 0.917. The number of sulfone groups is 1. The summed E-state index contributed by atoms with van der Waals surface area (Å²) >= 11 is 1.72. The maximum atomic E-state index is 11.6. The van der Waals surface area contributed by atoms with Gasteiger partial charge in [0.2, 0.25) is 0 Å². The lowest BCUT2D eigenvalue weighted by Crippen LogP contribution is -2.50. The number of unbranched alkanes of at least 4 members (excludes halogenated alkanes) is 1. The maximum absolute atomic E-state index is 11.6. The van der Waals surface area contributed by atoms with Crippen LogP contribution in [0.25, 0.3) is 0 Å². The lowest BCUT2D eigenvalue weighted by Gasteiger charge is -2.28. The molecule has 0 aliphatic carbocycles. The standard InChI is InChI=1S/C12H23N3O2S2/c1-4-5-7-18-11-13-12(2,3)14-15(11)10-6-8-19(16,17)9-10/h10,14H,4-9H2,1-3H3. The van der Waals surface area contributed by atoms with E-state index in [0.29, 0.717) is 12.2 Å². The van der Waals surface area contributed by atoms with Crippen LogP contribution in [0, 0.1) is 0 Å². The van der Waals surface area contributed by atoms with Crippen molar-refractivity contribution in [3.63, 3.8) is 0 Å². The van der Waals surface area contributed by atoms with Crippen molar-refractivity contribution in [2.75, 3.05) is 17.3 Å². The molecule has 2 heterocycles. The van der Waals surface area contributed by atoms with Crippen molar-refractivity contribution in [3.8, 4) is 0 Å². The molecule has 2 aliphatic heterocycles. The average Bonchev–Trinajstić information content (AvgIpc) is 2.79. The molecule has 0 radical (unpaired) electrons. The molecule has 0 spiro atoms. The predicted octanol–water partition coefficient (Wildman–Crippen LogP) is 1.62. The zero-order valence-electron chi connectivity index (χ0n) is 11.8. The van der Waals surface area contributed by atoms with Gasteiger partial charge >= 0.3 is 0 Å². The van der Waals surface area contributed by atoms with Crippen LogP contribution in [-0.4, -0.2) is 47.6 Å². The Balaban J connectivity index is 2.05. The molecular weight excluding hydrogens is 282 g/mol. The Morgan fingerprint density at radius 3 is 2.84 bits per heavy atom. The average molecular weight is 305 g/mol. The fourth-order valence-electron chi connectivity index (χ4n) is 2.30. The Kier molecular flexibility index (Phi) is 4.47. The molecule has 1 N–H and O–H groups in total. The smallest absolute Gasteiger partial charge is 0.175 e. The number of rotatable bonds is 4. The number of nitrogens with one attached hydrogen (secondary N) is 1. The molecule has 2 rings (SSSR count). The van der Waals surface area contributed by atoms with Crippen molar-refractivity contribution in [2.45, 2.75) is 51.7 Å². The SMILES string of the molecule is CCCCSC1=NC(C)(C)NN1C1CCS(=O)(=O)C1. The van der Waals surface area contributed by atoms with Gasteiger partial charge in [-0.1, -0.05) is 25.1 Å². The first kappa shape index (κ1) is 15.1. The van der Waals surface area contributed by atoms with Crippen LogP contribution in [-0.2, 0) is 9.84 Å². The number of nitrogens with zero attached hydrogens (tertiary/aromatic N) is 2. The molecule has 1 atom stereocenters. The first-order valence-electron chi connectivity index (χ1n) is 6.83. The van der Waals surface area contributed by atoms with Gasteiger partial charge in [-0.25, -0.2) is 18.8 Å². The summed E-state index contributed by atoms with van der Waals surface area (Å²) in [7, 11) is -2.86. The molecule has 0 bridgehead atoms. The Morgan fingerprint density at radius 1 is 1.53 bits per heavy atom. The van der Waals surface area contributed by atoms with Crippen LogP contribution in [0.5, 0.6) is 0 Å². The van der Waals surface area contributed by atoms with Crippen molar-refractivity contribution >= 4 is 26.8 Å². The van der Waals surface area contributed by atoms with Crippen molar-refractivity contribution in [3.05, 3.63) is 0 Å². The van der Waals surface area contributed by atoms with Crippen molar-refractivity contribution in [1.82, 2.24) is 10.4 Å². The molecule has 7 heteroatoms. The molecule has 0 amide bonds. The molecule has 1 fully saturated rings. The third-order valence-corrected chi connectivity index (χ3v) is 6.07. The Morgan fingerprint density at radius 2 is 2.26 bits per heavy atom. The van der Waals surface area contributed by atoms with Gasteiger partial charge in [-0.05, 0) is 26.7 Å². The van der Waals surface area contributed by atoms with Crippen LogP contribution in [0.4, 0.5) is 0 Å². The van der Waals surface area contributed by atoms with Gasteiger partial charge in [0.25, 0.3) is 0 Å². The van der Waals surface area contributed by atoms with Crippen LogP contribution in [0.2, 0.25) is 0 Å². The monoisotopic (exact) mass is 305 g/mol. The lowest BCUT2D eigenvalue weighted by atomic mass is 10.2. The third-order valence-electron chi connectivity index (χ3n) is 3.28. The van der Waals surface area contributed by atoms with Gasteiger partial charge < -0.3 is 0 Å². The number of aliphatic imine (C=N–C) groups is 1. The first-order chi connectivity index (χ1) is 8.83. The largest absolute Gasteiger partial charge is 0.281 e. The molecule has 5 nitrogen and oxygen atoms in total. The van der Waals surface area contributed by atoms with Gasteiger partial charge in [-0.2, -0.15) is 0 Å². The van der Waals surface area contributed by atoms with Crippen LogP contribution in [0.1, 0.15) is 40.0 Å². The fourth-order valence-corrected chi connectivity index (χ4v) is 5.24. The van der Waals surface area contributed by atoms with E-state index in [4.69, 9.17) is 0 Å². The van der Waals surface area contributed by atoms with Crippen molar-refractivity contribution < 1.29 is 8.42 Å². The summed E-state index contributed by atoms with van der Waals surface area (Å²) in [5.74, 6) is 1.57. The van der Waals surface area contributed by atoms with E-state index in [9.17, 15) is 8.42 Å². The second-order valence-electron chi connectivity index (χ2n) is 5.69. The molecule has 0 aromatic heterocycles. The van der Waals surface area contributed by atoms with E-state index in [0.717, 1.165) is 23.8 Å². The van der Waals surface area contributed by atoms with Gasteiger partial charge in [-0.3, -0.25) is 5.01 Å². The highest BCUT2D eigenvalue weighted by molar-refractivity contribution is 8.13. The van der Waals surface area contributed by atoms with E-state index in [1.165, 1.54) is 0 Å². The predicted molar refractivity (Wildman–Crippen MR) is 80.9 cm³/mol. The van der Waals surface area contributed by atoms with Gasteiger partial charge in [0.05, 0.1) is 17.5 Å². The third kappa shape index (κ3) is 3.86. The summed E-state index contributed by atoms with van der Waals surface area (Å²) in [6, 6.07) is 0.0275. The zero-order valence-corrected chi connectivity index (χ0v) is 13.5. The molecule has 2 aliphatic rings. The van der Waals surface area contributed by atoms with E-state index in [1.807, 2.05) is 18.9 Å². The van der Waals surface area contributed by atoms with Crippen molar-refractivity contribution in [1.29, 1.82) is 0 Å². The van der Waals surface area contributed by atoms with Crippen LogP contribution >= 0.6 is 11.8 Å². The second kappa shape index (κ2) is 5.61. The number of thioether (sulfide) groups is 1. The molecule has 0 aromatic rings. The highest BCUT2D eigenvalue weighted by Crippen LogP contribution is 2.27. The molecule has 19 heavy (non-hydrogen) atoms. The minimum absolute atomic E-state index is 0.0275. The highest BCUT2D eigenvalue weighted by Gasteiger charge is 2.40. The van der Waals surface area contributed by atoms with Crippen LogP contribution in [0.3, 0.4) is 0 Å².